The molecule has 6 aromatic carbocycles. The summed E-state index contributed by atoms with van der Waals surface area (Å²) in [4.78, 5) is 11.7. The summed E-state index contributed by atoms with van der Waals surface area (Å²) >= 11 is 3.56. The van der Waals surface area contributed by atoms with Crippen LogP contribution < -0.4 is 5.32 Å². The average molecular weight is 693 g/mol. The number of allylic oxidation sites excluding steroid dienone is 4. The Labute approximate surface area is 302 Å². The lowest BCUT2D eigenvalue weighted by Crippen LogP contribution is -2.90. The fourth-order valence-corrected chi connectivity index (χ4v) is 9.33. The summed E-state index contributed by atoms with van der Waals surface area (Å²) in [5.41, 5.74) is 9.27. The quantitative estimate of drug-likeness (QED) is 0.200. The smallest absolute Gasteiger partial charge is 0.235 e. The van der Waals surface area contributed by atoms with Crippen LogP contribution in [0, 0.1) is 0 Å². The van der Waals surface area contributed by atoms with Crippen LogP contribution in [0.2, 0.25) is 0 Å². The minimum absolute atomic E-state index is 0.189. The molecule has 0 bridgehead atoms. The van der Waals surface area contributed by atoms with Crippen LogP contribution in [0.15, 0.2) is 177 Å². The zero-order valence-electron chi connectivity index (χ0n) is 27.4. The third kappa shape index (κ3) is 5.19. The zero-order chi connectivity index (χ0) is 33.9. The lowest BCUT2D eigenvalue weighted by Gasteiger charge is -2.19. The molecular formula is C45H30N3OS2+. The molecule has 0 amide bonds. The summed E-state index contributed by atoms with van der Waals surface area (Å²) < 4.78 is 9.05. The van der Waals surface area contributed by atoms with E-state index in [0.717, 1.165) is 66.7 Å². The number of nitrogens with zero attached hydrogens (tertiary/aromatic N) is 2. The van der Waals surface area contributed by atoms with E-state index in [0.29, 0.717) is 5.84 Å². The molecule has 10 rings (SSSR count). The summed E-state index contributed by atoms with van der Waals surface area (Å²) in [6.45, 7) is 4.36. The summed E-state index contributed by atoms with van der Waals surface area (Å²) in [7, 11) is 0. The molecule has 1 unspecified atom stereocenters. The minimum Gasteiger partial charge on any atom is -0.456 e. The number of hydrogen-bond donors (Lipinski definition) is 1. The van der Waals surface area contributed by atoms with Gasteiger partial charge < -0.3 is 4.42 Å². The highest BCUT2D eigenvalue weighted by Gasteiger charge is 2.27. The van der Waals surface area contributed by atoms with Crippen LogP contribution in [-0.4, -0.2) is 11.7 Å². The summed E-state index contributed by atoms with van der Waals surface area (Å²) in [6.07, 6.45) is 5.99. The highest BCUT2D eigenvalue weighted by atomic mass is 32.2. The lowest BCUT2D eigenvalue weighted by atomic mass is 9.95. The molecule has 2 aromatic heterocycles. The number of rotatable bonds is 4. The minimum atomic E-state index is -0.189. The Kier molecular flexibility index (Phi) is 7.20. The van der Waals surface area contributed by atoms with Crippen LogP contribution >= 0.6 is 23.1 Å². The summed E-state index contributed by atoms with van der Waals surface area (Å²) in [6, 6.07) is 44.9. The molecule has 0 saturated heterocycles. The van der Waals surface area contributed by atoms with E-state index in [9.17, 15) is 0 Å². The second-order valence-electron chi connectivity index (χ2n) is 12.8. The van der Waals surface area contributed by atoms with Crippen LogP contribution in [0.25, 0.3) is 58.8 Å². The van der Waals surface area contributed by atoms with Gasteiger partial charge in [0.15, 0.2) is 5.84 Å². The van der Waals surface area contributed by atoms with Crippen LogP contribution in [0.4, 0.5) is 0 Å². The van der Waals surface area contributed by atoms with Gasteiger partial charge in [0, 0.05) is 47.0 Å². The van der Waals surface area contributed by atoms with Crippen molar-refractivity contribution in [3.63, 3.8) is 0 Å². The summed E-state index contributed by atoms with van der Waals surface area (Å²) in [5.74, 6) is 1.63. The molecule has 4 nitrogen and oxygen atoms in total. The van der Waals surface area contributed by atoms with E-state index in [1.54, 1.807) is 11.8 Å². The Bertz CT molecular complexity index is 2840. The topological polar surface area (TPSA) is 54.5 Å². The van der Waals surface area contributed by atoms with Gasteiger partial charge in [-0.05, 0) is 76.2 Å². The number of quaternary nitrogens is 1. The maximum atomic E-state index is 6.48. The van der Waals surface area contributed by atoms with Crippen molar-refractivity contribution in [1.29, 1.82) is 0 Å². The normalized spacial score (nSPS) is 16.0. The van der Waals surface area contributed by atoms with Crippen molar-refractivity contribution >= 4 is 82.5 Å². The standard InChI is InChI=1S/C45H29N3OS2/c1-27-11-7-8-24-50-42-31(27)15-9-17-35(42)34-16-10-18-38-41(34)36-25-29(21-23-37(36)49-38)44-46-43(28-12-3-2-4-13-28)47-45(48-44)30-20-22-33-32-14-5-6-19-39(32)51-40(33)26-30/h2-26,45H,1H2,(H,46,47,48)/p+1. The molecule has 2 N–H and O–H groups in total. The van der Waals surface area contributed by atoms with E-state index < -0.39 is 0 Å². The van der Waals surface area contributed by atoms with Crippen molar-refractivity contribution < 1.29 is 9.73 Å². The molecule has 51 heavy (non-hydrogen) atoms. The van der Waals surface area contributed by atoms with Gasteiger partial charge in [-0.2, -0.15) is 4.99 Å². The van der Waals surface area contributed by atoms with E-state index >= 15 is 0 Å². The number of fused-ring (bicyclic) bond motifs is 7. The molecule has 1 atom stereocenters. The van der Waals surface area contributed by atoms with Crippen LogP contribution in [-0.2, 0) is 0 Å². The van der Waals surface area contributed by atoms with Gasteiger partial charge in [0.05, 0.1) is 5.56 Å². The molecule has 2 aliphatic heterocycles. The Hall–Kier alpha value is -5.79. The fraction of sp³-hybridized carbons (Fsp3) is 0.0222. The molecule has 2 aliphatic rings. The number of thiophene rings is 1. The van der Waals surface area contributed by atoms with E-state index in [4.69, 9.17) is 14.4 Å². The number of aliphatic imine (C=N–C) groups is 2. The first-order valence-electron chi connectivity index (χ1n) is 16.9. The number of hydrogen-bond acceptors (Lipinski definition) is 5. The number of nitrogens with two attached hydrogens (primary N) is 1. The zero-order valence-corrected chi connectivity index (χ0v) is 29.0. The number of benzene rings is 6. The molecule has 0 spiro atoms. The molecule has 0 fully saturated rings. The van der Waals surface area contributed by atoms with Gasteiger partial charge in [-0.15, -0.1) is 11.3 Å². The van der Waals surface area contributed by atoms with E-state index in [-0.39, 0.29) is 6.17 Å². The second-order valence-corrected chi connectivity index (χ2v) is 14.8. The highest BCUT2D eigenvalue weighted by molar-refractivity contribution is 8.02. The van der Waals surface area contributed by atoms with Gasteiger partial charge in [-0.3, -0.25) is 5.32 Å². The first kappa shape index (κ1) is 30.1. The van der Waals surface area contributed by atoms with E-state index in [1.165, 1.54) is 25.1 Å². The fourth-order valence-electron chi connectivity index (χ4n) is 7.24. The Morgan fingerprint density at radius 1 is 0.647 bits per heavy atom. The lowest BCUT2D eigenvalue weighted by molar-refractivity contribution is -0.586. The van der Waals surface area contributed by atoms with Gasteiger partial charge in [0.2, 0.25) is 12.0 Å². The van der Waals surface area contributed by atoms with E-state index in [2.05, 4.69) is 151 Å². The summed E-state index contributed by atoms with van der Waals surface area (Å²) in [5, 5.41) is 9.02. The van der Waals surface area contributed by atoms with Gasteiger partial charge in [0.25, 0.3) is 0 Å². The SMILES string of the molecule is C=C1C=CC=CSc2c1cccc2-c1cccc2oc3ccc(C4=NC(c5ccc6c(c5)sc5ccccc56)[NH2+]C(c5ccccc5)=N4)cc3c12. The largest absolute Gasteiger partial charge is 0.456 e. The van der Waals surface area contributed by atoms with Crippen LogP contribution in [0.5, 0.6) is 0 Å². The van der Waals surface area contributed by atoms with Gasteiger partial charge in [0.1, 0.15) is 11.2 Å². The van der Waals surface area contributed by atoms with Gasteiger partial charge in [-0.25, -0.2) is 4.99 Å². The average Bonchev–Trinajstić information content (AvgIpc) is 3.74. The molecule has 8 aromatic rings. The van der Waals surface area contributed by atoms with E-state index in [1.807, 2.05) is 23.5 Å². The molecule has 6 heteroatoms. The first-order valence-corrected chi connectivity index (χ1v) is 18.6. The third-order valence-corrected chi connectivity index (χ3v) is 11.8. The molecule has 0 saturated carbocycles. The van der Waals surface area contributed by atoms with Crippen LogP contribution in [0.3, 0.4) is 0 Å². The van der Waals surface area contributed by atoms with Gasteiger partial charge in [-0.1, -0.05) is 115 Å². The van der Waals surface area contributed by atoms with Crippen molar-refractivity contribution in [3.05, 3.63) is 180 Å². The van der Waals surface area contributed by atoms with Crippen LogP contribution in [0.1, 0.15) is 28.4 Å². The number of thioether (sulfide) groups is 1. The van der Waals surface area contributed by atoms with Crippen molar-refractivity contribution in [2.75, 3.05) is 0 Å². The molecule has 242 valence electrons. The second kappa shape index (κ2) is 12.2. The predicted octanol–water partition coefficient (Wildman–Crippen LogP) is 11.3. The first-order chi connectivity index (χ1) is 25.2. The molecule has 0 aliphatic carbocycles. The Morgan fingerprint density at radius 3 is 2.41 bits per heavy atom. The number of furan rings is 1. The molecule has 4 heterocycles. The predicted molar refractivity (Wildman–Crippen MR) is 216 cm³/mol. The maximum absolute atomic E-state index is 6.48. The number of amidine groups is 2. The van der Waals surface area contributed by atoms with Crippen molar-refractivity contribution in [2.45, 2.75) is 11.1 Å². The van der Waals surface area contributed by atoms with Crippen molar-refractivity contribution in [2.24, 2.45) is 9.98 Å². The Balaban J connectivity index is 1.13. The highest BCUT2D eigenvalue weighted by Crippen LogP contribution is 2.44. The van der Waals surface area contributed by atoms with Gasteiger partial charge >= 0.3 is 0 Å². The third-order valence-electron chi connectivity index (χ3n) is 9.69. The monoisotopic (exact) mass is 692 g/mol. The Morgan fingerprint density at radius 2 is 1.47 bits per heavy atom. The van der Waals surface area contributed by atoms with Crippen molar-refractivity contribution in [3.8, 4) is 11.1 Å². The van der Waals surface area contributed by atoms with Crippen molar-refractivity contribution in [1.82, 2.24) is 0 Å². The maximum Gasteiger partial charge on any atom is 0.235 e. The molecule has 0 radical (unpaired) electrons. The molecular weight excluding hydrogens is 663 g/mol.